The van der Waals surface area contributed by atoms with Crippen LogP contribution in [-0.2, 0) is 15.8 Å². The number of benzene rings is 2. The van der Waals surface area contributed by atoms with Gasteiger partial charge >= 0.3 is 18.0 Å². The minimum Gasteiger partial charge on any atom is -0.318 e. The van der Waals surface area contributed by atoms with Crippen LogP contribution in [-0.4, -0.2) is 18.0 Å². The van der Waals surface area contributed by atoms with Crippen molar-refractivity contribution in [1.82, 2.24) is 5.43 Å². The Bertz CT molecular complexity index is 805. The van der Waals surface area contributed by atoms with E-state index in [-0.39, 0.29) is 5.56 Å². The van der Waals surface area contributed by atoms with E-state index in [1.807, 2.05) is 5.43 Å². The second-order valence-corrected chi connectivity index (χ2v) is 5.18. The Kier molecular flexibility index (Phi) is 5.76. The van der Waals surface area contributed by atoms with Gasteiger partial charge < -0.3 is 5.32 Å². The molecule has 0 radical (unpaired) electrons. The number of halogens is 4. The fraction of sp³-hybridized carbons (Fsp3) is 0.0625. The predicted octanol–water partition coefficient (Wildman–Crippen LogP) is 3.45. The van der Waals surface area contributed by atoms with E-state index in [4.69, 9.17) is 11.6 Å². The molecule has 2 N–H and O–H groups in total. The highest BCUT2D eigenvalue weighted by Crippen LogP contribution is 2.31. The molecule has 2 aromatic rings. The van der Waals surface area contributed by atoms with Crippen LogP contribution < -0.4 is 10.7 Å². The SMILES string of the molecule is O=C(N/N=C/c1ccccc1C(F)(F)F)C(=O)Nc1ccc(Cl)cc1. The van der Waals surface area contributed by atoms with Gasteiger partial charge in [-0.05, 0) is 30.3 Å². The number of alkyl halides is 3. The van der Waals surface area contributed by atoms with Crippen LogP contribution in [0.3, 0.4) is 0 Å². The topological polar surface area (TPSA) is 70.6 Å². The average molecular weight is 370 g/mol. The summed E-state index contributed by atoms with van der Waals surface area (Å²) < 4.78 is 38.4. The van der Waals surface area contributed by atoms with E-state index < -0.39 is 23.6 Å². The normalized spacial score (nSPS) is 11.4. The van der Waals surface area contributed by atoms with Crippen LogP contribution in [0.2, 0.25) is 5.02 Å². The first-order valence-electron chi connectivity index (χ1n) is 6.83. The Labute approximate surface area is 145 Å². The first-order valence-corrected chi connectivity index (χ1v) is 7.21. The number of nitrogens with one attached hydrogen (secondary N) is 2. The smallest absolute Gasteiger partial charge is 0.318 e. The molecular formula is C16H11ClF3N3O2. The molecule has 0 saturated heterocycles. The van der Waals surface area contributed by atoms with Gasteiger partial charge in [0.05, 0.1) is 11.8 Å². The Balaban J connectivity index is 1.99. The van der Waals surface area contributed by atoms with Crippen LogP contribution in [0, 0.1) is 0 Å². The summed E-state index contributed by atoms with van der Waals surface area (Å²) in [6, 6.07) is 10.7. The number of amides is 2. The van der Waals surface area contributed by atoms with Crippen molar-refractivity contribution in [2.45, 2.75) is 6.18 Å². The molecule has 2 rings (SSSR count). The maximum atomic E-state index is 12.8. The van der Waals surface area contributed by atoms with Crippen LogP contribution in [0.4, 0.5) is 18.9 Å². The zero-order chi connectivity index (χ0) is 18.4. The van der Waals surface area contributed by atoms with Crippen molar-refractivity contribution >= 4 is 35.3 Å². The second-order valence-electron chi connectivity index (χ2n) is 4.75. The van der Waals surface area contributed by atoms with E-state index in [0.29, 0.717) is 10.7 Å². The lowest BCUT2D eigenvalue weighted by Crippen LogP contribution is -2.32. The van der Waals surface area contributed by atoms with E-state index in [1.54, 1.807) is 0 Å². The zero-order valence-electron chi connectivity index (χ0n) is 12.5. The summed E-state index contributed by atoms with van der Waals surface area (Å²) in [7, 11) is 0. The third-order valence-corrected chi connectivity index (χ3v) is 3.20. The molecule has 0 aliphatic rings. The van der Waals surface area contributed by atoms with Gasteiger partial charge in [-0.15, -0.1) is 0 Å². The van der Waals surface area contributed by atoms with E-state index in [0.717, 1.165) is 12.3 Å². The molecule has 0 saturated carbocycles. The van der Waals surface area contributed by atoms with Crippen molar-refractivity contribution < 1.29 is 22.8 Å². The summed E-state index contributed by atoms with van der Waals surface area (Å²) >= 11 is 5.69. The van der Waals surface area contributed by atoms with Gasteiger partial charge in [0.1, 0.15) is 0 Å². The summed E-state index contributed by atoms with van der Waals surface area (Å²) in [6.07, 6.45) is -3.74. The molecule has 5 nitrogen and oxygen atoms in total. The van der Waals surface area contributed by atoms with Crippen LogP contribution in [0.5, 0.6) is 0 Å². The molecule has 0 aliphatic heterocycles. The highest BCUT2D eigenvalue weighted by atomic mass is 35.5. The molecule has 2 aromatic carbocycles. The zero-order valence-corrected chi connectivity index (χ0v) is 13.2. The number of anilines is 1. The maximum absolute atomic E-state index is 12.8. The van der Waals surface area contributed by atoms with Gasteiger partial charge in [-0.1, -0.05) is 29.8 Å². The maximum Gasteiger partial charge on any atom is 0.417 e. The molecule has 130 valence electrons. The van der Waals surface area contributed by atoms with Crippen LogP contribution in [0.1, 0.15) is 11.1 Å². The van der Waals surface area contributed by atoms with Gasteiger partial charge in [-0.25, -0.2) is 5.43 Å². The van der Waals surface area contributed by atoms with Gasteiger partial charge in [0, 0.05) is 16.3 Å². The summed E-state index contributed by atoms with van der Waals surface area (Å²) in [5.74, 6) is -2.15. The Morgan fingerprint density at radius 1 is 1.00 bits per heavy atom. The molecule has 9 heteroatoms. The highest BCUT2D eigenvalue weighted by Gasteiger charge is 2.32. The Hall–Kier alpha value is -2.87. The first-order chi connectivity index (χ1) is 11.8. The van der Waals surface area contributed by atoms with Crippen molar-refractivity contribution in [2.24, 2.45) is 5.10 Å². The Morgan fingerprint density at radius 2 is 1.64 bits per heavy atom. The quantitative estimate of drug-likeness (QED) is 0.494. The molecule has 0 aliphatic carbocycles. The van der Waals surface area contributed by atoms with Crippen molar-refractivity contribution in [1.29, 1.82) is 0 Å². The minimum absolute atomic E-state index is 0.242. The van der Waals surface area contributed by atoms with E-state index in [2.05, 4.69) is 10.4 Å². The molecule has 2 amide bonds. The standard InChI is InChI=1S/C16H11ClF3N3O2/c17-11-5-7-12(8-6-11)22-14(24)15(25)23-21-9-10-3-1-2-4-13(10)16(18,19)20/h1-9H,(H,22,24)(H,23,25)/b21-9+. The molecule has 0 heterocycles. The average Bonchev–Trinajstić information content (AvgIpc) is 2.56. The monoisotopic (exact) mass is 369 g/mol. The fourth-order valence-corrected chi connectivity index (χ4v) is 1.93. The number of hydrogen-bond acceptors (Lipinski definition) is 3. The van der Waals surface area contributed by atoms with Crippen molar-refractivity contribution in [3.63, 3.8) is 0 Å². The lowest BCUT2D eigenvalue weighted by molar-refractivity contribution is -0.137. The number of carbonyl (C=O) groups excluding carboxylic acids is 2. The number of carbonyl (C=O) groups is 2. The second kappa shape index (κ2) is 7.80. The Morgan fingerprint density at radius 3 is 2.28 bits per heavy atom. The van der Waals surface area contributed by atoms with E-state index in [9.17, 15) is 22.8 Å². The van der Waals surface area contributed by atoms with Gasteiger partial charge in [0.15, 0.2) is 0 Å². The molecule has 0 spiro atoms. The molecule has 0 aromatic heterocycles. The van der Waals surface area contributed by atoms with Gasteiger partial charge in [-0.2, -0.15) is 18.3 Å². The first kappa shape index (κ1) is 18.5. The molecule has 0 unspecified atom stereocenters. The third kappa shape index (κ3) is 5.32. The van der Waals surface area contributed by atoms with Crippen LogP contribution in [0.25, 0.3) is 0 Å². The largest absolute Gasteiger partial charge is 0.417 e. The minimum atomic E-state index is -4.56. The number of rotatable bonds is 3. The lowest BCUT2D eigenvalue weighted by atomic mass is 10.1. The van der Waals surface area contributed by atoms with Gasteiger partial charge in [0.2, 0.25) is 0 Å². The molecule has 0 bridgehead atoms. The summed E-state index contributed by atoms with van der Waals surface area (Å²) in [6.45, 7) is 0. The summed E-state index contributed by atoms with van der Waals surface area (Å²) in [5.41, 5.74) is 1.05. The third-order valence-electron chi connectivity index (χ3n) is 2.94. The predicted molar refractivity (Wildman–Crippen MR) is 87.3 cm³/mol. The number of nitrogens with zero attached hydrogens (tertiary/aromatic N) is 1. The van der Waals surface area contributed by atoms with Crippen LogP contribution in [0.15, 0.2) is 53.6 Å². The molecule has 25 heavy (non-hydrogen) atoms. The van der Waals surface area contributed by atoms with E-state index >= 15 is 0 Å². The van der Waals surface area contributed by atoms with Crippen molar-refractivity contribution in [2.75, 3.05) is 5.32 Å². The van der Waals surface area contributed by atoms with Crippen molar-refractivity contribution in [3.8, 4) is 0 Å². The van der Waals surface area contributed by atoms with Crippen LogP contribution >= 0.6 is 11.6 Å². The highest BCUT2D eigenvalue weighted by molar-refractivity contribution is 6.39. The summed E-state index contributed by atoms with van der Waals surface area (Å²) in [5, 5.41) is 6.13. The van der Waals surface area contributed by atoms with Gasteiger partial charge in [-0.3, -0.25) is 9.59 Å². The number of hydrazone groups is 1. The molecule has 0 atom stereocenters. The van der Waals surface area contributed by atoms with Gasteiger partial charge in [0.25, 0.3) is 0 Å². The summed E-state index contributed by atoms with van der Waals surface area (Å²) in [4.78, 5) is 23.3. The lowest BCUT2D eigenvalue weighted by Gasteiger charge is -2.09. The molecular weight excluding hydrogens is 359 g/mol. The number of hydrogen-bond donors (Lipinski definition) is 2. The molecule has 0 fully saturated rings. The van der Waals surface area contributed by atoms with E-state index in [1.165, 1.54) is 42.5 Å². The van der Waals surface area contributed by atoms with Crippen molar-refractivity contribution in [3.05, 3.63) is 64.7 Å². The fourth-order valence-electron chi connectivity index (χ4n) is 1.80.